The van der Waals surface area contributed by atoms with Crippen LogP contribution in [0, 0.1) is 0 Å². The molecular formula is C20H17NO4. The van der Waals surface area contributed by atoms with Crippen LogP contribution >= 0.6 is 0 Å². The van der Waals surface area contributed by atoms with Crippen molar-refractivity contribution in [3.8, 4) is 5.75 Å². The van der Waals surface area contributed by atoms with Crippen molar-refractivity contribution < 1.29 is 19.4 Å². The predicted molar refractivity (Wildman–Crippen MR) is 94.2 cm³/mol. The van der Waals surface area contributed by atoms with Crippen LogP contribution in [-0.4, -0.2) is 29.0 Å². The number of methoxy groups -OCH3 is 1. The van der Waals surface area contributed by atoms with Crippen LogP contribution < -0.4 is 4.74 Å². The SMILES string of the molecule is COc1ccc(C(=O)c2ncc(C(C)C(=O)O)c3ccccc23)cc1. The fourth-order valence-electron chi connectivity index (χ4n) is 2.75. The fraction of sp³-hybridized carbons (Fsp3) is 0.150. The van der Waals surface area contributed by atoms with E-state index in [0.717, 1.165) is 5.39 Å². The van der Waals surface area contributed by atoms with Crippen molar-refractivity contribution in [3.63, 3.8) is 0 Å². The summed E-state index contributed by atoms with van der Waals surface area (Å²) in [6.45, 7) is 1.61. The molecule has 25 heavy (non-hydrogen) atoms. The molecule has 0 aliphatic rings. The number of aromatic nitrogens is 1. The van der Waals surface area contributed by atoms with E-state index in [1.54, 1.807) is 44.4 Å². The van der Waals surface area contributed by atoms with Crippen molar-refractivity contribution in [1.82, 2.24) is 4.98 Å². The van der Waals surface area contributed by atoms with Crippen LogP contribution in [0.1, 0.15) is 34.5 Å². The molecule has 5 nitrogen and oxygen atoms in total. The Balaban J connectivity index is 2.12. The quantitative estimate of drug-likeness (QED) is 0.720. The molecule has 0 saturated carbocycles. The maximum Gasteiger partial charge on any atom is 0.310 e. The molecular weight excluding hydrogens is 318 g/mol. The number of hydrogen-bond acceptors (Lipinski definition) is 4. The van der Waals surface area contributed by atoms with Gasteiger partial charge in [-0.05, 0) is 42.1 Å². The van der Waals surface area contributed by atoms with E-state index in [-0.39, 0.29) is 5.78 Å². The van der Waals surface area contributed by atoms with Gasteiger partial charge in [0.1, 0.15) is 11.4 Å². The molecule has 3 aromatic rings. The lowest BCUT2D eigenvalue weighted by Gasteiger charge is -2.13. The lowest BCUT2D eigenvalue weighted by atomic mass is 9.94. The second-order valence-corrected chi connectivity index (χ2v) is 5.73. The van der Waals surface area contributed by atoms with Gasteiger partial charge in [0.25, 0.3) is 0 Å². The molecule has 0 aliphatic carbocycles. The number of carbonyl (C=O) groups is 2. The summed E-state index contributed by atoms with van der Waals surface area (Å²) in [6.07, 6.45) is 1.48. The predicted octanol–water partition coefficient (Wildman–Crippen LogP) is 3.66. The summed E-state index contributed by atoms with van der Waals surface area (Å²) in [5, 5.41) is 10.7. The molecule has 0 spiro atoms. The van der Waals surface area contributed by atoms with E-state index in [4.69, 9.17) is 4.74 Å². The molecule has 1 atom stereocenters. The first-order valence-electron chi connectivity index (χ1n) is 7.82. The third kappa shape index (κ3) is 3.08. The molecule has 5 heteroatoms. The Hall–Kier alpha value is -3.21. The van der Waals surface area contributed by atoms with Crippen LogP contribution in [0.15, 0.2) is 54.7 Å². The molecule has 0 radical (unpaired) electrons. The van der Waals surface area contributed by atoms with E-state index >= 15 is 0 Å². The van der Waals surface area contributed by atoms with Crippen molar-refractivity contribution in [1.29, 1.82) is 0 Å². The minimum Gasteiger partial charge on any atom is -0.497 e. The highest BCUT2D eigenvalue weighted by Crippen LogP contribution is 2.28. The monoisotopic (exact) mass is 335 g/mol. The Morgan fingerprint density at radius 2 is 1.68 bits per heavy atom. The van der Waals surface area contributed by atoms with Gasteiger partial charge in [0.15, 0.2) is 0 Å². The lowest BCUT2D eigenvalue weighted by Crippen LogP contribution is -2.11. The number of nitrogens with zero attached hydrogens (tertiary/aromatic N) is 1. The van der Waals surface area contributed by atoms with Gasteiger partial charge in [0.2, 0.25) is 5.78 Å². The number of ether oxygens (including phenoxy) is 1. The smallest absolute Gasteiger partial charge is 0.310 e. The average molecular weight is 335 g/mol. The summed E-state index contributed by atoms with van der Waals surface area (Å²) in [7, 11) is 1.56. The van der Waals surface area contributed by atoms with E-state index < -0.39 is 11.9 Å². The highest BCUT2D eigenvalue weighted by atomic mass is 16.5. The number of rotatable bonds is 5. The van der Waals surface area contributed by atoms with Gasteiger partial charge in [-0.15, -0.1) is 0 Å². The molecule has 1 aromatic heterocycles. The van der Waals surface area contributed by atoms with Crippen molar-refractivity contribution >= 4 is 22.5 Å². The van der Waals surface area contributed by atoms with Gasteiger partial charge in [0.05, 0.1) is 13.0 Å². The maximum atomic E-state index is 12.9. The molecule has 1 unspecified atom stereocenters. The molecule has 0 bridgehead atoms. The number of pyridine rings is 1. The summed E-state index contributed by atoms with van der Waals surface area (Å²) < 4.78 is 5.11. The van der Waals surface area contributed by atoms with Gasteiger partial charge in [-0.1, -0.05) is 24.3 Å². The largest absolute Gasteiger partial charge is 0.497 e. The molecule has 1 N–H and O–H groups in total. The van der Waals surface area contributed by atoms with Gasteiger partial charge in [-0.2, -0.15) is 0 Å². The molecule has 0 saturated heterocycles. The van der Waals surface area contributed by atoms with Crippen molar-refractivity contribution in [2.24, 2.45) is 0 Å². The first kappa shape index (κ1) is 16.6. The van der Waals surface area contributed by atoms with Gasteiger partial charge >= 0.3 is 5.97 Å². The highest BCUT2D eigenvalue weighted by Gasteiger charge is 2.21. The minimum absolute atomic E-state index is 0.214. The molecule has 0 fully saturated rings. The van der Waals surface area contributed by atoms with Gasteiger partial charge in [-0.3, -0.25) is 14.6 Å². The standard InChI is InChI=1S/C20H17NO4/c1-12(20(23)24)17-11-21-18(16-6-4-3-5-15(16)17)19(22)13-7-9-14(25-2)10-8-13/h3-12H,1-2H3,(H,23,24). The molecule has 126 valence electrons. The van der Waals surface area contributed by atoms with Crippen LogP contribution in [0.2, 0.25) is 0 Å². The summed E-state index contributed by atoms with van der Waals surface area (Å²) >= 11 is 0. The van der Waals surface area contributed by atoms with E-state index in [1.807, 2.05) is 18.2 Å². The number of fused-ring (bicyclic) bond motifs is 1. The van der Waals surface area contributed by atoms with Crippen LogP contribution in [0.5, 0.6) is 5.75 Å². The van der Waals surface area contributed by atoms with Gasteiger partial charge in [-0.25, -0.2) is 0 Å². The zero-order chi connectivity index (χ0) is 18.0. The first-order valence-corrected chi connectivity index (χ1v) is 7.82. The average Bonchev–Trinajstić information content (AvgIpc) is 2.66. The van der Waals surface area contributed by atoms with E-state index in [2.05, 4.69) is 4.98 Å². The maximum absolute atomic E-state index is 12.9. The highest BCUT2D eigenvalue weighted by molar-refractivity contribution is 6.15. The number of carbonyl (C=O) groups excluding carboxylic acids is 1. The van der Waals surface area contributed by atoms with Crippen LogP contribution in [0.4, 0.5) is 0 Å². The fourth-order valence-corrected chi connectivity index (χ4v) is 2.75. The zero-order valence-corrected chi connectivity index (χ0v) is 13.9. The van der Waals surface area contributed by atoms with E-state index in [9.17, 15) is 14.7 Å². The summed E-state index contributed by atoms with van der Waals surface area (Å²) in [4.78, 5) is 28.5. The third-order valence-electron chi connectivity index (χ3n) is 4.23. The summed E-state index contributed by atoms with van der Waals surface area (Å²) in [5.41, 5.74) is 1.40. The topological polar surface area (TPSA) is 76.5 Å². The number of benzene rings is 2. The minimum atomic E-state index is -0.929. The Morgan fingerprint density at radius 3 is 2.28 bits per heavy atom. The number of aliphatic carboxylic acids is 1. The van der Waals surface area contributed by atoms with Gasteiger partial charge in [0, 0.05) is 17.1 Å². The van der Waals surface area contributed by atoms with E-state index in [0.29, 0.717) is 28.0 Å². The second-order valence-electron chi connectivity index (χ2n) is 5.73. The number of carboxylic acid groups (broad SMARTS) is 1. The molecule has 0 aliphatic heterocycles. The first-order chi connectivity index (χ1) is 12.0. The zero-order valence-electron chi connectivity index (χ0n) is 13.9. The molecule has 3 rings (SSSR count). The normalized spacial score (nSPS) is 11.9. The Labute approximate surface area is 144 Å². The van der Waals surface area contributed by atoms with Crippen LogP contribution in [0.3, 0.4) is 0 Å². The Kier molecular flexibility index (Phi) is 4.48. The van der Waals surface area contributed by atoms with E-state index in [1.165, 1.54) is 6.20 Å². The third-order valence-corrected chi connectivity index (χ3v) is 4.23. The second kappa shape index (κ2) is 6.73. The Bertz CT molecular complexity index is 948. The van der Waals surface area contributed by atoms with Crippen LogP contribution in [-0.2, 0) is 4.79 Å². The summed E-state index contributed by atoms with van der Waals surface area (Å²) in [5.74, 6) is -1.18. The number of hydrogen-bond donors (Lipinski definition) is 1. The Morgan fingerprint density at radius 1 is 1.04 bits per heavy atom. The molecule has 2 aromatic carbocycles. The lowest BCUT2D eigenvalue weighted by molar-refractivity contribution is -0.138. The van der Waals surface area contributed by atoms with Crippen LogP contribution in [0.25, 0.3) is 10.8 Å². The van der Waals surface area contributed by atoms with Crippen molar-refractivity contribution in [3.05, 3.63) is 71.5 Å². The number of carboxylic acids is 1. The van der Waals surface area contributed by atoms with Crippen molar-refractivity contribution in [2.75, 3.05) is 7.11 Å². The number of ketones is 1. The summed E-state index contributed by atoms with van der Waals surface area (Å²) in [6, 6.07) is 14.0. The van der Waals surface area contributed by atoms with Crippen molar-refractivity contribution in [2.45, 2.75) is 12.8 Å². The molecule has 1 heterocycles. The van der Waals surface area contributed by atoms with Gasteiger partial charge < -0.3 is 9.84 Å². The molecule has 0 amide bonds.